The molecule has 1 fully saturated rings. The van der Waals surface area contributed by atoms with Crippen LogP contribution < -0.4 is 16.6 Å². The summed E-state index contributed by atoms with van der Waals surface area (Å²) in [6, 6.07) is 7.87. The highest BCUT2D eigenvalue weighted by Gasteiger charge is 2.35. The number of fused-ring (bicyclic) bond motifs is 1. The minimum atomic E-state index is 0.0737. The molecule has 1 saturated heterocycles. The molecule has 36 heavy (non-hydrogen) atoms. The van der Waals surface area contributed by atoms with E-state index in [1.165, 1.54) is 5.56 Å². The van der Waals surface area contributed by atoms with E-state index < -0.39 is 0 Å². The fourth-order valence-electron chi connectivity index (χ4n) is 4.98. The number of aromatic nitrogens is 2. The van der Waals surface area contributed by atoms with Crippen molar-refractivity contribution in [1.29, 1.82) is 0 Å². The zero-order valence-electron chi connectivity index (χ0n) is 21.6. The number of hydrogen-bond donors (Lipinski definition) is 3. The van der Waals surface area contributed by atoms with E-state index in [4.69, 9.17) is 15.6 Å². The number of benzene rings is 1. The van der Waals surface area contributed by atoms with Gasteiger partial charge in [0.05, 0.1) is 12.8 Å². The number of ether oxygens (including phenoxy) is 1. The maximum absolute atomic E-state index is 13.1. The summed E-state index contributed by atoms with van der Waals surface area (Å²) in [6.45, 7) is 8.58. The monoisotopic (exact) mass is 491 g/mol. The van der Waals surface area contributed by atoms with Gasteiger partial charge in [0.25, 0.3) is 5.91 Å². The molecular formula is C27H37N7O2. The van der Waals surface area contributed by atoms with Gasteiger partial charge in [0.15, 0.2) is 0 Å². The molecule has 2 atom stereocenters. The molecule has 3 heterocycles. The van der Waals surface area contributed by atoms with Crippen LogP contribution in [0.2, 0.25) is 0 Å². The molecular weight excluding hydrogens is 454 g/mol. The highest BCUT2D eigenvalue weighted by Crippen LogP contribution is 2.30. The first-order valence-corrected chi connectivity index (χ1v) is 12.6. The highest BCUT2D eigenvalue weighted by molar-refractivity contribution is 5.94. The third-order valence-electron chi connectivity index (χ3n) is 6.91. The number of rotatable bonds is 8. The Morgan fingerprint density at radius 1 is 1.28 bits per heavy atom. The first-order chi connectivity index (χ1) is 17.4. The smallest absolute Gasteiger partial charge is 0.254 e. The lowest BCUT2D eigenvalue weighted by atomic mass is 9.96. The van der Waals surface area contributed by atoms with Gasteiger partial charge in [-0.05, 0) is 69.5 Å². The lowest BCUT2D eigenvalue weighted by Gasteiger charge is -2.41. The standard InChI is InChI=1S/C27H37N7O2/c1-5-6-24(36-4)13-18(2)30-27-29-15-21-16-33(17-25(21)31-27)23-11-12-34(19(3)14-23)26(35)20-7-9-22(32-28)10-8-20/h6-10,13,15,19,23,32H,5,11-12,14,16-17,28H2,1-4H3,(H,29,30,31)/b18-13+,24-6+/t19-,23-/m1/s1. The number of nitrogens with zero attached hydrogens (tertiary/aromatic N) is 4. The summed E-state index contributed by atoms with van der Waals surface area (Å²) in [5, 5.41) is 3.28. The normalized spacial score (nSPS) is 20.8. The number of hydrogen-bond acceptors (Lipinski definition) is 8. The molecule has 0 saturated carbocycles. The average molecular weight is 492 g/mol. The van der Waals surface area contributed by atoms with Crippen LogP contribution in [0, 0.1) is 0 Å². The van der Waals surface area contributed by atoms with E-state index in [0.29, 0.717) is 17.6 Å². The summed E-state index contributed by atoms with van der Waals surface area (Å²) in [4.78, 5) is 26.9. The van der Waals surface area contributed by atoms with Crippen molar-refractivity contribution >= 4 is 17.5 Å². The zero-order chi connectivity index (χ0) is 25.7. The molecule has 4 rings (SSSR count). The van der Waals surface area contributed by atoms with E-state index in [-0.39, 0.29) is 11.9 Å². The Bertz CT molecular complexity index is 1130. The van der Waals surface area contributed by atoms with Gasteiger partial charge in [-0.3, -0.25) is 15.5 Å². The molecule has 192 valence electrons. The second-order valence-electron chi connectivity index (χ2n) is 9.49. The Kier molecular flexibility index (Phi) is 8.22. The van der Waals surface area contributed by atoms with E-state index in [1.54, 1.807) is 7.11 Å². The summed E-state index contributed by atoms with van der Waals surface area (Å²) in [5.74, 6) is 6.93. The topological polar surface area (TPSA) is 109 Å². The Morgan fingerprint density at radius 2 is 2.06 bits per heavy atom. The van der Waals surface area contributed by atoms with E-state index in [2.05, 4.69) is 34.5 Å². The SMILES string of the molecule is CC/C=C(\C=C(/C)Nc1ncc2c(n1)CN([C@@H]1CCN(C(=O)c3ccc(NN)cc3)[C@H](C)C1)C2)OC. The van der Waals surface area contributed by atoms with Gasteiger partial charge < -0.3 is 20.4 Å². The number of likely N-dealkylation sites (tertiary alicyclic amines) is 1. The number of anilines is 2. The number of methoxy groups -OCH3 is 1. The largest absolute Gasteiger partial charge is 0.497 e. The van der Waals surface area contributed by atoms with Crippen LogP contribution in [0.25, 0.3) is 0 Å². The van der Waals surface area contributed by atoms with Gasteiger partial charge in [-0.25, -0.2) is 9.97 Å². The second kappa shape index (κ2) is 11.5. The molecule has 9 nitrogen and oxygen atoms in total. The van der Waals surface area contributed by atoms with Crippen LogP contribution >= 0.6 is 0 Å². The minimum absolute atomic E-state index is 0.0737. The number of nitrogen functional groups attached to an aromatic ring is 1. The molecule has 0 unspecified atom stereocenters. The summed E-state index contributed by atoms with van der Waals surface area (Å²) in [6.07, 6.45) is 8.69. The van der Waals surface area contributed by atoms with Crippen molar-refractivity contribution in [3.05, 3.63) is 70.9 Å². The summed E-state index contributed by atoms with van der Waals surface area (Å²) in [7, 11) is 1.67. The Balaban J connectivity index is 1.35. The number of nitrogens with two attached hydrogens (primary N) is 1. The molecule has 0 radical (unpaired) electrons. The van der Waals surface area contributed by atoms with Gasteiger partial charge in [-0.15, -0.1) is 0 Å². The summed E-state index contributed by atoms with van der Waals surface area (Å²) >= 11 is 0. The number of piperidine rings is 1. The molecule has 2 aromatic rings. The zero-order valence-corrected chi connectivity index (χ0v) is 21.6. The Labute approximate surface area is 213 Å². The van der Waals surface area contributed by atoms with Crippen LogP contribution in [0.5, 0.6) is 0 Å². The third kappa shape index (κ3) is 5.85. The molecule has 4 N–H and O–H groups in total. The highest BCUT2D eigenvalue weighted by atomic mass is 16.5. The lowest BCUT2D eigenvalue weighted by Crippen LogP contribution is -2.50. The first-order valence-electron chi connectivity index (χ1n) is 12.6. The molecule has 1 aromatic carbocycles. The molecule has 0 bridgehead atoms. The fraction of sp³-hybridized carbons (Fsp3) is 0.444. The van der Waals surface area contributed by atoms with Crippen LogP contribution in [0.4, 0.5) is 11.6 Å². The molecule has 1 amide bonds. The number of nitrogens with one attached hydrogen (secondary N) is 2. The van der Waals surface area contributed by atoms with Crippen molar-refractivity contribution < 1.29 is 9.53 Å². The summed E-state index contributed by atoms with van der Waals surface area (Å²) < 4.78 is 5.39. The molecule has 2 aliphatic heterocycles. The van der Waals surface area contributed by atoms with Gasteiger partial charge in [-0.2, -0.15) is 0 Å². The van der Waals surface area contributed by atoms with Gasteiger partial charge in [-0.1, -0.05) is 6.92 Å². The average Bonchev–Trinajstić information content (AvgIpc) is 3.31. The molecule has 0 spiro atoms. The van der Waals surface area contributed by atoms with Crippen molar-refractivity contribution in [2.75, 3.05) is 24.4 Å². The predicted octanol–water partition coefficient (Wildman–Crippen LogP) is 4.03. The van der Waals surface area contributed by atoms with Gasteiger partial charge in [0.2, 0.25) is 5.95 Å². The van der Waals surface area contributed by atoms with Crippen LogP contribution in [-0.2, 0) is 17.8 Å². The molecule has 9 heteroatoms. The fourth-order valence-corrected chi connectivity index (χ4v) is 4.98. The van der Waals surface area contributed by atoms with Crippen LogP contribution in [-0.4, -0.2) is 51.4 Å². The van der Waals surface area contributed by atoms with Gasteiger partial charge in [0, 0.05) is 60.4 Å². The van der Waals surface area contributed by atoms with E-state index >= 15 is 0 Å². The predicted molar refractivity (Wildman–Crippen MR) is 142 cm³/mol. The Hall–Kier alpha value is -3.43. The number of amides is 1. The van der Waals surface area contributed by atoms with Crippen LogP contribution in [0.1, 0.15) is 61.6 Å². The van der Waals surface area contributed by atoms with Crippen LogP contribution in [0.3, 0.4) is 0 Å². The maximum Gasteiger partial charge on any atom is 0.254 e. The number of carbonyl (C=O) groups excluding carboxylic acids is 1. The minimum Gasteiger partial charge on any atom is -0.497 e. The van der Waals surface area contributed by atoms with Crippen molar-refractivity contribution in [3.8, 4) is 0 Å². The molecule has 0 aliphatic carbocycles. The van der Waals surface area contributed by atoms with E-state index in [1.807, 2.05) is 54.4 Å². The van der Waals surface area contributed by atoms with Crippen LogP contribution in [0.15, 0.2) is 54.1 Å². The van der Waals surface area contributed by atoms with Crippen molar-refractivity contribution in [2.24, 2.45) is 5.84 Å². The van der Waals surface area contributed by atoms with Gasteiger partial charge >= 0.3 is 0 Å². The van der Waals surface area contributed by atoms with Crippen molar-refractivity contribution in [3.63, 3.8) is 0 Å². The number of carbonyl (C=O) groups is 1. The maximum atomic E-state index is 13.1. The number of allylic oxidation sites excluding steroid dienone is 3. The van der Waals surface area contributed by atoms with Gasteiger partial charge in [0.1, 0.15) is 5.76 Å². The summed E-state index contributed by atoms with van der Waals surface area (Å²) in [5.41, 5.74) is 7.23. The van der Waals surface area contributed by atoms with Crippen molar-refractivity contribution in [2.45, 2.75) is 65.2 Å². The van der Waals surface area contributed by atoms with E-state index in [0.717, 1.165) is 61.7 Å². The molecule has 1 aromatic heterocycles. The second-order valence-corrected chi connectivity index (χ2v) is 9.49. The quantitative estimate of drug-likeness (QED) is 0.220. The number of hydrazine groups is 1. The molecule has 2 aliphatic rings. The lowest BCUT2D eigenvalue weighted by molar-refractivity contribution is 0.0460. The van der Waals surface area contributed by atoms with E-state index in [9.17, 15) is 4.79 Å². The first kappa shape index (κ1) is 25.7. The van der Waals surface area contributed by atoms with Crippen molar-refractivity contribution in [1.82, 2.24) is 19.8 Å². The third-order valence-corrected chi connectivity index (χ3v) is 6.91. The Morgan fingerprint density at radius 3 is 2.72 bits per heavy atom.